The van der Waals surface area contributed by atoms with Gasteiger partial charge in [-0.15, -0.1) is 0 Å². The third-order valence-corrected chi connectivity index (χ3v) is 2.25. The molecule has 86 valence electrons. The number of halogens is 2. The van der Waals surface area contributed by atoms with Crippen LogP contribution in [-0.4, -0.2) is 15.8 Å². The number of carbonyl (C=O) groups excluding carboxylic acids is 1. The zero-order chi connectivity index (χ0) is 12.3. The van der Waals surface area contributed by atoms with Gasteiger partial charge in [-0.25, -0.2) is 13.8 Å². The van der Waals surface area contributed by atoms with Crippen molar-refractivity contribution in [1.29, 1.82) is 0 Å². The monoisotopic (exact) mass is 234 g/mol. The molecule has 0 saturated carbocycles. The first kappa shape index (κ1) is 11.3. The molecule has 0 radical (unpaired) electrons. The Morgan fingerprint density at radius 1 is 1.18 bits per heavy atom. The molecule has 0 unspecified atom stereocenters. The van der Waals surface area contributed by atoms with Crippen LogP contribution in [0.3, 0.4) is 0 Å². The average Bonchev–Trinajstić information content (AvgIpc) is 2.35. The van der Waals surface area contributed by atoms with E-state index in [1.807, 2.05) is 0 Å². The van der Waals surface area contributed by atoms with Gasteiger partial charge in [-0.2, -0.15) is 0 Å². The van der Waals surface area contributed by atoms with E-state index in [9.17, 15) is 13.6 Å². The van der Waals surface area contributed by atoms with E-state index in [0.717, 1.165) is 12.1 Å². The Bertz CT molecular complexity index is 523. The first-order valence-electron chi connectivity index (χ1n) is 4.90. The minimum Gasteiger partial charge on any atom is -0.292 e. The van der Waals surface area contributed by atoms with E-state index in [1.54, 1.807) is 0 Å². The van der Waals surface area contributed by atoms with Crippen LogP contribution in [0.2, 0.25) is 0 Å². The number of hydrogen-bond donors (Lipinski definition) is 0. The summed E-state index contributed by atoms with van der Waals surface area (Å²) in [6.45, 7) is 0. The molecule has 0 amide bonds. The summed E-state index contributed by atoms with van der Waals surface area (Å²) >= 11 is 0. The van der Waals surface area contributed by atoms with E-state index in [0.29, 0.717) is 0 Å². The number of carbonyl (C=O) groups is 1. The van der Waals surface area contributed by atoms with Gasteiger partial charge in [-0.1, -0.05) is 6.07 Å². The van der Waals surface area contributed by atoms with Gasteiger partial charge in [-0.3, -0.25) is 9.78 Å². The second-order valence-electron chi connectivity index (χ2n) is 3.39. The quantitative estimate of drug-likeness (QED) is 0.764. The van der Waals surface area contributed by atoms with Crippen molar-refractivity contribution in [1.82, 2.24) is 9.97 Å². The fourth-order valence-corrected chi connectivity index (χ4v) is 1.40. The third kappa shape index (κ3) is 2.50. The fourth-order valence-electron chi connectivity index (χ4n) is 1.40. The SMILES string of the molecule is O=C(Cc1c(F)cccc1F)c1cnccn1. The molecular weight excluding hydrogens is 226 g/mol. The van der Waals surface area contributed by atoms with Crippen LogP contribution in [0, 0.1) is 11.6 Å². The van der Waals surface area contributed by atoms with Gasteiger partial charge in [-0.05, 0) is 12.1 Å². The Balaban J connectivity index is 2.25. The van der Waals surface area contributed by atoms with E-state index in [2.05, 4.69) is 9.97 Å². The maximum absolute atomic E-state index is 13.3. The molecule has 0 N–H and O–H groups in total. The summed E-state index contributed by atoms with van der Waals surface area (Å²) in [5.41, 5.74) is -0.154. The minimum absolute atomic E-state index is 0.0927. The van der Waals surface area contributed by atoms with E-state index < -0.39 is 17.4 Å². The summed E-state index contributed by atoms with van der Waals surface area (Å²) < 4.78 is 26.6. The second kappa shape index (κ2) is 4.78. The minimum atomic E-state index is -0.734. The third-order valence-electron chi connectivity index (χ3n) is 2.25. The Hall–Kier alpha value is -2.17. The van der Waals surface area contributed by atoms with E-state index >= 15 is 0 Å². The van der Waals surface area contributed by atoms with E-state index in [-0.39, 0.29) is 17.7 Å². The lowest BCUT2D eigenvalue weighted by Crippen LogP contribution is -2.09. The highest BCUT2D eigenvalue weighted by molar-refractivity contribution is 5.95. The molecule has 0 aliphatic carbocycles. The van der Waals surface area contributed by atoms with Gasteiger partial charge in [0.2, 0.25) is 0 Å². The van der Waals surface area contributed by atoms with Gasteiger partial charge >= 0.3 is 0 Å². The molecule has 1 heterocycles. The normalized spacial score (nSPS) is 10.2. The highest BCUT2D eigenvalue weighted by atomic mass is 19.1. The summed E-state index contributed by atoms with van der Waals surface area (Å²) in [6, 6.07) is 3.48. The van der Waals surface area contributed by atoms with Crippen LogP contribution in [0.1, 0.15) is 16.1 Å². The van der Waals surface area contributed by atoms with Crippen molar-refractivity contribution < 1.29 is 13.6 Å². The Labute approximate surface area is 96.2 Å². The van der Waals surface area contributed by atoms with Gasteiger partial charge in [0.1, 0.15) is 17.3 Å². The largest absolute Gasteiger partial charge is 0.292 e. The highest BCUT2D eigenvalue weighted by Crippen LogP contribution is 2.14. The molecule has 5 heteroatoms. The van der Waals surface area contributed by atoms with Gasteiger partial charge < -0.3 is 0 Å². The Morgan fingerprint density at radius 3 is 2.47 bits per heavy atom. The van der Waals surface area contributed by atoms with Crippen molar-refractivity contribution in [2.75, 3.05) is 0 Å². The number of hydrogen-bond acceptors (Lipinski definition) is 3. The van der Waals surface area contributed by atoms with Crippen LogP contribution in [0.5, 0.6) is 0 Å². The van der Waals surface area contributed by atoms with Gasteiger partial charge in [0, 0.05) is 24.4 Å². The van der Waals surface area contributed by atoms with Gasteiger partial charge in [0.25, 0.3) is 0 Å². The van der Waals surface area contributed by atoms with Crippen molar-refractivity contribution >= 4 is 5.78 Å². The van der Waals surface area contributed by atoms with Crippen LogP contribution >= 0.6 is 0 Å². The first-order chi connectivity index (χ1) is 8.18. The average molecular weight is 234 g/mol. The molecule has 17 heavy (non-hydrogen) atoms. The molecule has 2 aromatic rings. The number of Topliss-reactive ketones (excluding diaryl/α,β-unsaturated/α-hetero) is 1. The van der Waals surface area contributed by atoms with Crippen molar-refractivity contribution in [3.05, 3.63) is 59.7 Å². The number of rotatable bonds is 3. The molecule has 0 fully saturated rings. The maximum atomic E-state index is 13.3. The molecule has 0 aliphatic heterocycles. The van der Waals surface area contributed by atoms with E-state index in [1.165, 1.54) is 24.7 Å². The Kier molecular flexibility index (Phi) is 3.18. The molecule has 3 nitrogen and oxygen atoms in total. The molecule has 0 saturated heterocycles. The maximum Gasteiger partial charge on any atom is 0.187 e. The zero-order valence-corrected chi connectivity index (χ0v) is 8.73. The van der Waals surface area contributed by atoms with Crippen molar-refractivity contribution in [2.24, 2.45) is 0 Å². The Morgan fingerprint density at radius 2 is 1.88 bits per heavy atom. The van der Waals surface area contributed by atoms with Crippen LogP contribution in [0.15, 0.2) is 36.8 Å². The standard InChI is InChI=1S/C12H8F2N2O/c13-9-2-1-3-10(14)8(9)6-12(17)11-7-15-4-5-16-11/h1-5,7H,6H2. The first-order valence-corrected chi connectivity index (χ1v) is 4.90. The van der Waals surface area contributed by atoms with Crippen LogP contribution in [0.4, 0.5) is 8.78 Å². The number of benzene rings is 1. The van der Waals surface area contributed by atoms with Gasteiger partial charge in [0.15, 0.2) is 5.78 Å². The number of ketones is 1. The summed E-state index contributed by atoms with van der Waals surface area (Å²) in [7, 11) is 0. The predicted molar refractivity (Wildman–Crippen MR) is 56.4 cm³/mol. The lowest BCUT2D eigenvalue weighted by Gasteiger charge is -2.03. The van der Waals surface area contributed by atoms with Crippen LogP contribution < -0.4 is 0 Å². The van der Waals surface area contributed by atoms with Crippen molar-refractivity contribution in [2.45, 2.75) is 6.42 Å². The summed E-state index contributed by atoms with van der Waals surface area (Å²) in [4.78, 5) is 19.2. The van der Waals surface area contributed by atoms with Gasteiger partial charge in [0.05, 0.1) is 6.20 Å². The highest BCUT2D eigenvalue weighted by Gasteiger charge is 2.15. The number of nitrogens with zero attached hydrogens (tertiary/aromatic N) is 2. The molecule has 0 atom stereocenters. The topological polar surface area (TPSA) is 42.9 Å². The lowest BCUT2D eigenvalue weighted by atomic mass is 10.1. The van der Waals surface area contributed by atoms with Crippen LogP contribution in [0.25, 0.3) is 0 Å². The second-order valence-corrected chi connectivity index (χ2v) is 3.39. The van der Waals surface area contributed by atoms with E-state index in [4.69, 9.17) is 0 Å². The molecule has 2 rings (SSSR count). The molecule has 0 aliphatic rings. The zero-order valence-electron chi connectivity index (χ0n) is 8.73. The summed E-state index contributed by atoms with van der Waals surface area (Å²) in [5, 5.41) is 0. The fraction of sp³-hybridized carbons (Fsp3) is 0.0833. The summed E-state index contributed by atoms with van der Waals surface area (Å²) in [6.07, 6.45) is 3.67. The number of aromatic nitrogens is 2. The molecule has 0 spiro atoms. The molecule has 1 aromatic carbocycles. The lowest BCUT2D eigenvalue weighted by molar-refractivity contribution is 0.0985. The van der Waals surface area contributed by atoms with Crippen LogP contribution in [-0.2, 0) is 6.42 Å². The smallest absolute Gasteiger partial charge is 0.187 e. The molecule has 0 bridgehead atoms. The summed E-state index contributed by atoms with van der Waals surface area (Å²) in [5.74, 6) is -1.94. The van der Waals surface area contributed by atoms with Crippen molar-refractivity contribution in [3.8, 4) is 0 Å². The molecule has 1 aromatic heterocycles. The predicted octanol–water partition coefficient (Wildman–Crippen LogP) is 2.18. The van der Waals surface area contributed by atoms with Crippen molar-refractivity contribution in [3.63, 3.8) is 0 Å². The molecular formula is C12H8F2N2O.